The van der Waals surface area contributed by atoms with Crippen LogP contribution in [-0.2, 0) is 9.59 Å². The molecular formula is C22H21N3O3. The van der Waals surface area contributed by atoms with Gasteiger partial charge < -0.3 is 5.11 Å². The Morgan fingerprint density at radius 2 is 2.00 bits per heavy atom. The number of carbonyl (C=O) groups is 2. The lowest BCUT2D eigenvalue weighted by Gasteiger charge is -2.25. The number of aliphatic imine (C=N–C) groups is 1. The molecule has 1 amide bonds. The molecule has 2 aromatic rings. The van der Waals surface area contributed by atoms with Crippen molar-refractivity contribution in [3.05, 3.63) is 65.2 Å². The molecule has 0 fully saturated rings. The molecule has 0 radical (unpaired) electrons. The van der Waals surface area contributed by atoms with Crippen LogP contribution in [0.1, 0.15) is 37.0 Å². The molecule has 0 saturated carbocycles. The van der Waals surface area contributed by atoms with Gasteiger partial charge in [0.15, 0.2) is 0 Å². The number of nitriles is 1. The van der Waals surface area contributed by atoms with Gasteiger partial charge in [-0.3, -0.25) is 19.5 Å². The highest BCUT2D eigenvalue weighted by molar-refractivity contribution is 6.20. The van der Waals surface area contributed by atoms with Crippen LogP contribution in [-0.4, -0.2) is 35.3 Å². The highest BCUT2D eigenvalue weighted by atomic mass is 16.4. The fraction of sp³-hybridized carbons (Fsp3) is 0.273. The minimum atomic E-state index is -1.10. The Kier molecular flexibility index (Phi) is 5.55. The van der Waals surface area contributed by atoms with E-state index in [0.29, 0.717) is 22.5 Å². The van der Waals surface area contributed by atoms with E-state index in [2.05, 4.69) is 6.07 Å². The van der Waals surface area contributed by atoms with Crippen LogP contribution in [0, 0.1) is 17.2 Å². The molecule has 1 heterocycles. The van der Waals surface area contributed by atoms with Crippen LogP contribution in [0.25, 0.3) is 0 Å². The van der Waals surface area contributed by atoms with Crippen LogP contribution in [0.15, 0.2) is 53.5 Å². The number of carboxylic acid groups (broad SMARTS) is 1. The quantitative estimate of drug-likeness (QED) is 0.868. The Bertz CT molecular complexity index is 976. The fourth-order valence-corrected chi connectivity index (χ4v) is 3.29. The number of anilines is 1. The summed E-state index contributed by atoms with van der Waals surface area (Å²) in [5.41, 5.74) is 2.88. The molecule has 1 aliphatic heterocycles. The Morgan fingerprint density at radius 1 is 1.29 bits per heavy atom. The molecule has 28 heavy (non-hydrogen) atoms. The van der Waals surface area contributed by atoms with Crippen LogP contribution in [0.3, 0.4) is 0 Å². The molecule has 0 saturated heterocycles. The fourth-order valence-electron chi connectivity index (χ4n) is 3.29. The number of amides is 1. The second-order valence-electron chi connectivity index (χ2n) is 6.84. The predicted molar refractivity (Wildman–Crippen MR) is 106 cm³/mol. The van der Waals surface area contributed by atoms with E-state index in [4.69, 9.17) is 4.99 Å². The number of carboxylic acids is 1. The number of nitrogens with zero attached hydrogens (tertiary/aromatic N) is 3. The molecule has 6 heteroatoms. The van der Waals surface area contributed by atoms with Crippen LogP contribution in [0.5, 0.6) is 0 Å². The molecule has 0 aromatic heterocycles. The molecule has 1 aliphatic rings. The Balaban J connectivity index is 2.30. The van der Waals surface area contributed by atoms with Gasteiger partial charge in [0.05, 0.1) is 23.0 Å². The largest absolute Gasteiger partial charge is 0.480 e. The lowest BCUT2D eigenvalue weighted by molar-refractivity contribution is -0.136. The number of hydrogen-bond donors (Lipinski definition) is 1. The van der Waals surface area contributed by atoms with E-state index in [9.17, 15) is 20.0 Å². The highest BCUT2D eigenvalue weighted by Gasteiger charge is 2.35. The van der Waals surface area contributed by atoms with Crippen molar-refractivity contribution in [2.24, 2.45) is 10.9 Å². The summed E-state index contributed by atoms with van der Waals surface area (Å²) in [6.45, 7) is 3.45. The number of aliphatic carboxylic acids is 1. The normalized spacial score (nSPS) is 17.2. The van der Waals surface area contributed by atoms with E-state index in [-0.39, 0.29) is 11.8 Å². The van der Waals surface area contributed by atoms with Crippen LogP contribution >= 0.6 is 0 Å². The first-order valence-electron chi connectivity index (χ1n) is 9.17. The molecular weight excluding hydrogens is 354 g/mol. The van der Waals surface area contributed by atoms with Crippen LogP contribution < -0.4 is 4.90 Å². The molecule has 0 spiro atoms. The third-order valence-corrected chi connectivity index (χ3v) is 4.98. The zero-order valence-corrected chi connectivity index (χ0v) is 15.8. The number of hydrogen-bond acceptors (Lipinski definition) is 4. The molecule has 1 unspecified atom stereocenters. The predicted octanol–water partition coefficient (Wildman–Crippen LogP) is 3.24. The molecule has 0 aliphatic carbocycles. The van der Waals surface area contributed by atoms with E-state index >= 15 is 0 Å². The summed E-state index contributed by atoms with van der Waals surface area (Å²) < 4.78 is 0. The second-order valence-corrected chi connectivity index (χ2v) is 6.84. The monoisotopic (exact) mass is 375 g/mol. The SMILES string of the molecule is CCC(C)[C@@H]1N=C(c2ccccc2)c2cc(C#N)ccc2N(CC(=O)O)C1=O. The van der Waals surface area contributed by atoms with Crippen molar-refractivity contribution in [3.8, 4) is 6.07 Å². The molecule has 2 aromatic carbocycles. The summed E-state index contributed by atoms with van der Waals surface area (Å²) in [5.74, 6) is -1.50. The van der Waals surface area contributed by atoms with Crippen molar-refractivity contribution in [1.82, 2.24) is 0 Å². The zero-order valence-electron chi connectivity index (χ0n) is 15.8. The van der Waals surface area contributed by atoms with E-state index in [1.165, 1.54) is 4.90 Å². The summed E-state index contributed by atoms with van der Waals surface area (Å²) in [5, 5.41) is 18.7. The maximum atomic E-state index is 13.3. The Morgan fingerprint density at radius 3 is 2.61 bits per heavy atom. The summed E-state index contributed by atoms with van der Waals surface area (Å²) in [7, 11) is 0. The van der Waals surface area contributed by atoms with Gasteiger partial charge in [0.2, 0.25) is 0 Å². The molecule has 2 atom stereocenters. The van der Waals surface area contributed by atoms with Crippen molar-refractivity contribution in [3.63, 3.8) is 0 Å². The van der Waals surface area contributed by atoms with E-state index in [1.807, 2.05) is 44.2 Å². The van der Waals surface area contributed by atoms with Gasteiger partial charge in [0.25, 0.3) is 5.91 Å². The topological polar surface area (TPSA) is 93.8 Å². The first-order chi connectivity index (χ1) is 13.5. The van der Waals surface area contributed by atoms with Gasteiger partial charge in [-0.2, -0.15) is 5.26 Å². The number of rotatable bonds is 5. The number of benzene rings is 2. The van der Waals surface area contributed by atoms with Crippen LogP contribution in [0.2, 0.25) is 0 Å². The third-order valence-electron chi connectivity index (χ3n) is 4.98. The summed E-state index contributed by atoms with van der Waals surface area (Å²) >= 11 is 0. The van der Waals surface area contributed by atoms with E-state index in [0.717, 1.165) is 12.0 Å². The minimum Gasteiger partial charge on any atom is -0.480 e. The lowest BCUT2D eigenvalue weighted by Crippen LogP contribution is -2.43. The molecule has 6 nitrogen and oxygen atoms in total. The van der Waals surface area contributed by atoms with Crippen molar-refractivity contribution in [2.45, 2.75) is 26.3 Å². The van der Waals surface area contributed by atoms with Crippen LogP contribution in [0.4, 0.5) is 5.69 Å². The molecule has 0 bridgehead atoms. The van der Waals surface area contributed by atoms with Crippen molar-refractivity contribution in [2.75, 3.05) is 11.4 Å². The number of carbonyl (C=O) groups excluding carboxylic acids is 1. The first-order valence-corrected chi connectivity index (χ1v) is 9.17. The van der Waals surface area contributed by atoms with Gasteiger partial charge in [0, 0.05) is 11.1 Å². The first kappa shape index (κ1) is 19.3. The lowest BCUT2D eigenvalue weighted by atomic mass is 9.97. The van der Waals surface area contributed by atoms with Crippen molar-refractivity contribution >= 4 is 23.3 Å². The van der Waals surface area contributed by atoms with Crippen molar-refractivity contribution in [1.29, 1.82) is 5.26 Å². The number of benzodiazepines with no additional fused rings is 1. The summed E-state index contributed by atoms with van der Waals surface area (Å²) in [4.78, 5) is 30.8. The summed E-state index contributed by atoms with van der Waals surface area (Å²) in [6.07, 6.45) is 0.725. The second kappa shape index (κ2) is 8.05. The molecule has 142 valence electrons. The zero-order chi connectivity index (χ0) is 20.3. The Labute approximate surface area is 163 Å². The van der Waals surface area contributed by atoms with Gasteiger partial charge in [-0.25, -0.2) is 0 Å². The maximum absolute atomic E-state index is 13.3. The standard InChI is InChI=1S/C22H21N3O3/c1-3-14(2)20-22(28)25(13-19(26)27)18-10-9-15(12-23)11-17(18)21(24-20)16-7-5-4-6-8-16/h4-11,14,20H,3,13H2,1-2H3,(H,26,27)/t14?,20-/m0/s1. The average molecular weight is 375 g/mol. The van der Waals surface area contributed by atoms with Gasteiger partial charge in [-0.15, -0.1) is 0 Å². The van der Waals surface area contributed by atoms with Gasteiger partial charge in [0.1, 0.15) is 12.6 Å². The third kappa shape index (κ3) is 3.65. The molecule has 3 rings (SSSR count). The average Bonchev–Trinajstić information content (AvgIpc) is 2.82. The smallest absolute Gasteiger partial charge is 0.323 e. The maximum Gasteiger partial charge on any atom is 0.323 e. The Hall–Kier alpha value is -3.46. The molecule has 1 N–H and O–H groups in total. The van der Waals surface area contributed by atoms with Gasteiger partial charge in [-0.1, -0.05) is 50.6 Å². The minimum absolute atomic E-state index is 0.0627. The van der Waals surface area contributed by atoms with Crippen molar-refractivity contribution < 1.29 is 14.7 Å². The van der Waals surface area contributed by atoms with Gasteiger partial charge >= 0.3 is 5.97 Å². The number of fused-ring (bicyclic) bond motifs is 1. The van der Waals surface area contributed by atoms with E-state index < -0.39 is 18.6 Å². The highest BCUT2D eigenvalue weighted by Crippen LogP contribution is 2.31. The van der Waals surface area contributed by atoms with E-state index in [1.54, 1.807) is 18.2 Å². The summed E-state index contributed by atoms with van der Waals surface area (Å²) in [6, 6.07) is 15.7. The van der Waals surface area contributed by atoms with Gasteiger partial charge in [-0.05, 0) is 24.1 Å².